The lowest BCUT2D eigenvalue weighted by atomic mass is 10.3. The standard InChI is InChI=1S/C14H15N3O2S/c1-9-5-6-12(15-8-9)17-13(18)10(2)16-14(19)11-4-3-7-20-11/h3-8,10H,1-2H3,(H,16,19)(H,15,17,18). The van der Waals surface area contributed by atoms with Crippen LogP contribution in [0.4, 0.5) is 5.82 Å². The van der Waals surface area contributed by atoms with E-state index in [4.69, 9.17) is 0 Å². The van der Waals surface area contributed by atoms with Crippen molar-refractivity contribution in [1.82, 2.24) is 10.3 Å². The molecule has 5 nitrogen and oxygen atoms in total. The first-order chi connectivity index (χ1) is 9.56. The van der Waals surface area contributed by atoms with E-state index in [2.05, 4.69) is 15.6 Å². The van der Waals surface area contributed by atoms with Gasteiger partial charge in [0.05, 0.1) is 4.88 Å². The molecule has 1 atom stereocenters. The second kappa shape index (κ2) is 6.29. The van der Waals surface area contributed by atoms with Crippen LogP contribution in [0.3, 0.4) is 0 Å². The maximum Gasteiger partial charge on any atom is 0.261 e. The summed E-state index contributed by atoms with van der Waals surface area (Å²) >= 11 is 1.33. The van der Waals surface area contributed by atoms with E-state index < -0.39 is 6.04 Å². The Morgan fingerprint density at radius 2 is 2.10 bits per heavy atom. The third kappa shape index (κ3) is 3.64. The number of carbonyl (C=O) groups excluding carboxylic acids is 2. The molecule has 0 bridgehead atoms. The lowest BCUT2D eigenvalue weighted by Crippen LogP contribution is -2.41. The van der Waals surface area contributed by atoms with Crippen molar-refractivity contribution in [3.05, 3.63) is 46.3 Å². The van der Waals surface area contributed by atoms with E-state index in [-0.39, 0.29) is 11.8 Å². The highest BCUT2D eigenvalue weighted by Crippen LogP contribution is 2.09. The summed E-state index contributed by atoms with van der Waals surface area (Å²) in [7, 11) is 0. The first-order valence-electron chi connectivity index (χ1n) is 6.14. The fourth-order valence-electron chi connectivity index (χ4n) is 1.52. The van der Waals surface area contributed by atoms with E-state index in [1.807, 2.05) is 18.4 Å². The second-order valence-electron chi connectivity index (χ2n) is 4.38. The fraction of sp³-hybridized carbons (Fsp3) is 0.214. The van der Waals surface area contributed by atoms with Crippen LogP contribution in [0.15, 0.2) is 35.8 Å². The van der Waals surface area contributed by atoms with Crippen LogP contribution < -0.4 is 10.6 Å². The molecule has 2 amide bonds. The number of hydrogen-bond acceptors (Lipinski definition) is 4. The molecule has 2 heterocycles. The SMILES string of the molecule is Cc1ccc(NC(=O)C(C)NC(=O)c2cccs2)nc1. The minimum atomic E-state index is -0.632. The van der Waals surface area contributed by atoms with Crippen molar-refractivity contribution in [3.63, 3.8) is 0 Å². The molecule has 6 heteroatoms. The van der Waals surface area contributed by atoms with Crippen molar-refractivity contribution in [2.24, 2.45) is 0 Å². The lowest BCUT2D eigenvalue weighted by molar-refractivity contribution is -0.117. The zero-order valence-corrected chi connectivity index (χ0v) is 12.0. The Morgan fingerprint density at radius 3 is 2.70 bits per heavy atom. The van der Waals surface area contributed by atoms with Gasteiger partial charge in [-0.1, -0.05) is 12.1 Å². The normalized spacial score (nSPS) is 11.7. The summed E-state index contributed by atoms with van der Waals surface area (Å²) in [6.45, 7) is 3.55. The zero-order chi connectivity index (χ0) is 14.5. The Balaban J connectivity index is 1.92. The summed E-state index contributed by atoms with van der Waals surface area (Å²) in [4.78, 5) is 28.4. The number of pyridine rings is 1. The minimum Gasteiger partial charge on any atom is -0.340 e. The highest BCUT2D eigenvalue weighted by molar-refractivity contribution is 7.12. The number of thiophene rings is 1. The summed E-state index contributed by atoms with van der Waals surface area (Å²) in [6, 6.07) is 6.46. The Bertz CT molecular complexity index is 593. The molecule has 2 aromatic heterocycles. The van der Waals surface area contributed by atoms with Crippen LogP contribution in [0.1, 0.15) is 22.2 Å². The van der Waals surface area contributed by atoms with Gasteiger partial charge in [0.2, 0.25) is 5.91 Å². The Kier molecular flexibility index (Phi) is 4.47. The maximum atomic E-state index is 11.9. The smallest absolute Gasteiger partial charge is 0.261 e. The molecule has 0 radical (unpaired) electrons. The van der Waals surface area contributed by atoms with E-state index in [9.17, 15) is 9.59 Å². The second-order valence-corrected chi connectivity index (χ2v) is 5.33. The summed E-state index contributed by atoms with van der Waals surface area (Å²) in [6.07, 6.45) is 1.67. The van der Waals surface area contributed by atoms with Crippen LogP contribution >= 0.6 is 11.3 Å². The molecule has 0 saturated heterocycles. The van der Waals surface area contributed by atoms with Crippen molar-refractivity contribution in [3.8, 4) is 0 Å². The van der Waals surface area contributed by atoms with Gasteiger partial charge in [0, 0.05) is 6.20 Å². The molecule has 0 fully saturated rings. The predicted octanol–water partition coefficient (Wildman–Crippen LogP) is 2.21. The fourth-order valence-corrected chi connectivity index (χ4v) is 2.14. The molecule has 2 aromatic rings. The van der Waals surface area contributed by atoms with Crippen molar-refractivity contribution in [2.75, 3.05) is 5.32 Å². The summed E-state index contributed by atoms with van der Waals surface area (Å²) < 4.78 is 0. The van der Waals surface area contributed by atoms with Gasteiger partial charge in [0.25, 0.3) is 5.91 Å². The molecule has 0 spiro atoms. The third-order valence-corrected chi connectivity index (χ3v) is 3.52. The van der Waals surface area contributed by atoms with Crippen LogP contribution in [0, 0.1) is 6.92 Å². The number of anilines is 1. The lowest BCUT2D eigenvalue weighted by Gasteiger charge is -2.13. The van der Waals surface area contributed by atoms with E-state index in [0.717, 1.165) is 5.56 Å². The maximum absolute atomic E-state index is 11.9. The molecular weight excluding hydrogens is 274 g/mol. The van der Waals surface area contributed by atoms with Crippen LogP contribution in [-0.4, -0.2) is 22.8 Å². The average Bonchev–Trinajstić information content (AvgIpc) is 2.95. The highest BCUT2D eigenvalue weighted by atomic mass is 32.1. The minimum absolute atomic E-state index is 0.250. The number of aryl methyl sites for hydroxylation is 1. The Hall–Kier alpha value is -2.21. The van der Waals surface area contributed by atoms with Crippen LogP contribution in [0.2, 0.25) is 0 Å². The number of aromatic nitrogens is 1. The van der Waals surface area contributed by atoms with Crippen molar-refractivity contribution in [2.45, 2.75) is 19.9 Å². The third-order valence-electron chi connectivity index (χ3n) is 2.65. The van der Waals surface area contributed by atoms with Gasteiger partial charge in [-0.15, -0.1) is 11.3 Å². The molecule has 0 aliphatic carbocycles. The molecule has 104 valence electrons. The molecule has 1 unspecified atom stereocenters. The molecule has 0 saturated carbocycles. The van der Waals surface area contributed by atoms with Gasteiger partial charge < -0.3 is 10.6 Å². The van der Waals surface area contributed by atoms with Crippen LogP contribution in [0.5, 0.6) is 0 Å². The summed E-state index contributed by atoms with van der Waals surface area (Å²) in [5.41, 5.74) is 1.02. The quantitative estimate of drug-likeness (QED) is 0.906. The molecule has 0 aliphatic rings. The number of rotatable bonds is 4. The van der Waals surface area contributed by atoms with Crippen LogP contribution in [0.25, 0.3) is 0 Å². The number of nitrogens with zero attached hydrogens (tertiary/aromatic N) is 1. The van der Waals surface area contributed by atoms with E-state index in [1.165, 1.54) is 11.3 Å². The van der Waals surface area contributed by atoms with Gasteiger partial charge in [-0.2, -0.15) is 0 Å². The molecular formula is C14H15N3O2S. The van der Waals surface area contributed by atoms with Gasteiger partial charge in [-0.3, -0.25) is 9.59 Å². The largest absolute Gasteiger partial charge is 0.340 e. The number of nitrogens with one attached hydrogen (secondary N) is 2. The average molecular weight is 289 g/mol. The predicted molar refractivity (Wildman–Crippen MR) is 78.9 cm³/mol. The Morgan fingerprint density at radius 1 is 1.30 bits per heavy atom. The first kappa shape index (κ1) is 14.2. The first-order valence-corrected chi connectivity index (χ1v) is 7.02. The number of amides is 2. The van der Waals surface area contributed by atoms with Crippen molar-refractivity contribution in [1.29, 1.82) is 0 Å². The number of hydrogen-bond donors (Lipinski definition) is 2. The molecule has 0 aromatic carbocycles. The van der Waals surface area contributed by atoms with Gasteiger partial charge in [-0.05, 0) is 36.9 Å². The topological polar surface area (TPSA) is 71.1 Å². The zero-order valence-electron chi connectivity index (χ0n) is 11.2. The van der Waals surface area contributed by atoms with Crippen LogP contribution in [-0.2, 0) is 4.79 Å². The van der Waals surface area contributed by atoms with Crippen molar-refractivity contribution < 1.29 is 9.59 Å². The summed E-state index contributed by atoms with van der Waals surface area (Å²) in [5.74, 6) is -0.0800. The van der Waals surface area contributed by atoms with Gasteiger partial charge in [0.1, 0.15) is 11.9 Å². The molecule has 2 N–H and O–H groups in total. The van der Waals surface area contributed by atoms with Crippen molar-refractivity contribution >= 4 is 29.0 Å². The van der Waals surface area contributed by atoms with E-state index in [0.29, 0.717) is 10.7 Å². The van der Waals surface area contributed by atoms with Gasteiger partial charge in [-0.25, -0.2) is 4.98 Å². The van der Waals surface area contributed by atoms with Gasteiger partial charge in [0.15, 0.2) is 0 Å². The van der Waals surface area contributed by atoms with E-state index in [1.54, 1.807) is 31.3 Å². The molecule has 0 aliphatic heterocycles. The number of carbonyl (C=O) groups is 2. The molecule has 20 heavy (non-hydrogen) atoms. The Labute approximate surface area is 121 Å². The van der Waals surface area contributed by atoms with Gasteiger partial charge >= 0.3 is 0 Å². The highest BCUT2D eigenvalue weighted by Gasteiger charge is 2.17. The summed E-state index contributed by atoms with van der Waals surface area (Å²) in [5, 5.41) is 7.12. The monoisotopic (exact) mass is 289 g/mol. The molecule has 2 rings (SSSR count). The van der Waals surface area contributed by atoms with E-state index >= 15 is 0 Å².